The molecule has 0 amide bonds. The summed E-state index contributed by atoms with van der Waals surface area (Å²) in [5.74, 6) is 0.213. The molecule has 2 unspecified atom stereocenters. The van der Waals surface area contributed by atoms with E-state index < -0.39 is 6.10 Å². The van der Waals surface area contributed by atoms with Crippen LogP contribution in [0.4, 0.5) is 0 Å². The second-order valence-corrected chi connectivity index (χ2v) is 4.66. The van der Waals surface area contributed by atoms with Crippen LogP contribution in [-0.4, -0.2) is 21.0 Å². The third-order valence-electron chi connectivity index (χ3n) is 3.42. The van der Waals surface area contributed by atoms with E-state index in [4.69, 9.17) is 0 Å². The molecule has 0 spiro atoms. The van der Waals surface area contributed by atoms with Crippen molar-refractivity contribution >= 4 is 10.9 Å². The zero-order valence-corrected chi connectivity index (χ0v) is 10.7. The van der Waals surface area contributed by atoms with Crippen LogP contribution in [0.3, 0.4) is 0 Å². The number of nitrogens with zero attached hydrogens (tertiary/aromatic N) is 2. The first-order valence-corrected chi connectivity index (χ1v) is 6.26. The number of rotatable bonds is 4. The average molecular weight is 246 g/mol. The predicted molar refractivity (Wildman–Crippen MR) is 71.5 cm³/mol. The first-order chi connectivity index (χ1) is 8.63. The minimum Gasteiger partial charge on any atom is -0.391 e. The van der Waals surface area contributed by atoms with Crippen LogP contribution >= 0.6 is 0 Å². The highest BCUT2D eigenvalue weighted by molar-refractivity contribution is 5.77. The Morgan fingerprint density at radius 3 is 2.83 bits per heavy atom. The van der Waals surface area contributed by atoms with E-state index >= 15 is 0 Å². The van der Waals surface area contributed by atoms with E-state index in [0.29, 0.717) is 11.9 Å². The van der Waals surface area contributed by atoms with E-state index in [1.807, 2.05) is 32.0 Å². The largest absolute Gasteiger partial charge is 0.391 e. The monoisotopic (exact) mass is 246 g/mol. The Bertz CT molecular complexity index is 592. The van der Waals surface area contributed by atoms with Gasteiger partial charge in [0.15, 0.2) is 0 Å². The SMILES string of the molecule is CCC(C)C(O)Cn1ncc(=O)c2ccccc21. The molecular weight excluding hydrogens is 228 g/mol. The molecule has 0 saturated carbocycles. The molecule has 0 aliphatic heterocycles. The summed E-state index contributed by atoms with van der Waals surface area (Å²) in [5, 5.41) is 14.8. The molecule has 0 aliphatic rings. The van der Waals surface area contributed by atoms with Crippen LogP contribution in [0.15, 0.2) is 35.3 Å². The molecule has 18 heavy (non-hydrogen) atoms. The van der Waals surface area contributed by atoms with Crippen LogP contribution in [0.25, 0.3) is 10.9 Å². The van der Waals surface area contributed by atoms with Gasteiger partial charge in [-0.15, -0.1) is 0 Å². The van der Waals surface area contributed by atoms with Gasteiger partial charge in [0.2, 0.25) is 5.43 Å². The number of hydrogen-bond acceptors (Lipinski definition) is 3. The van der Waals surface area contributed by atoms with Crippen molar-refractivity contribution in [2.45, 2.75) is 32.9 Å². The molecule has 1 aromatic carbocycles. The van der Waals surface area contributed by atoms with Gasteiger partial charge in [0.1, 0.15) is 0 Å². The van der Waals surface area contributed by atoms with Crippen molar-refractivity contribution in [3.05, 3.63) is 40.7 Å². The first kappa shape index (κ1) is 12.8. The van der Waals surface area contributed by atoms with Crippen molar-refractivity contribution in [2.75, 3.05) is 0 Å². The fraction of sp³-hybridized carbons (Fsp3) is 0.429. The minimum absolute atomic E-state index is 0.0834. The number of para-hydroxylation sites is 1. The van der Waals surface area contributed by atoms with Gasteiger partial charge in [-0.2, -0.15) is 5.10 Å². The Kier molecular flexibility index (Phi) is 3.77. The van der Waals surface area contributed by atoms with Gasteiger partial charge in [-0.25, -0.2) is 0 Å². The molecule has 0 saturated heterocycles. The third-order valence-corrected chi connectivity index (χ3v) is 3.42. The predicted octanol–water partition coefficient (Wildman–Crippen LogP) is 1.80. The lowest BCUT2D eigenvalue weighted by Crippen LogP contribution is -2.25. The van der Waals surface area contributed by atoms with Gasteiger partial charge in [0, 0.05) is 5.39 Å². The minimum atomic E-state index is -0.451. The average Bonchev–Trinajstić information content (AvgIpc) is 2.41. The summed E-state index contributed by atoms with van der Waals surface area (Å²) in [6.45, 7) is 4.47. The van der Waals surface area contributed by atoms with Gasteiger partial charge in [0.05, 0.1) is 24.4 Å². The second kappa shape index (κ2) is 5.31. The summed E-state index contributed by atoms with van der Waals surface area (Å²) >= 11 is 0. The molecule has 0 radical (unpaired) electrons. The van der Waals surface area contributed by atoms with E-state index in [-0.39, 0.29) is 11.3 Å². The van der Waals surface area contributed by atoms with Crippen molar-refractivity contribution in [1.82, 2.24) is 9.78 Å². The van der Waals surface area contributed by atoms with E-state index in [1.165, 1.54) is 6.20 Å². The summed E-state index contributed by atoms with van der Waals surface area (Å²) in [6, 6.07) is 7.34. The quantitative estimate of drug-likeness (QED) is 0.895. The topological polar surface area (TPSA) is 55.1 Å². The smallest absolute Gasteiger partial charge is 0.207 e. The van der Waals surface area contributed by atoms with Crippen LogP contribution in [-0.2, 0) is 6.54 Å². The molecule has 1 aromatic heterocycles. The molecule has 96 valence electrons. The highest BCUT2D eigenvalue weighted by Gasteiger charge is 2.14. The number of hydrogen-bond donors (Lipinski definition) is 1. The van der Waals surface area contributed by atoms with E-state index in [1.54, 1.807) is 10.7 Å². The van der Waals surface area contributed by atoms with Crippen molar-refractivity contribution in [3.63, 3.8) is 0 Å². The second-order valence-electron chi connectivity index (χ2n) is 4.66. The summed E-state index contributed by atoms with van der Waals surface area (Å²) < 4.78 is 1.70. The maximum atomic E-state index is 11.7. The Morgan fingerprint density at radius 1 is 1.39 bits per heavy atom. The Balaban J connectivity index is 2.40. The molecule has 4 heteroatoms. The Hall–Kier alpha value is -1.68. The normalized spacial score (nSPS) is 14.6. The standard InChI is InChI=1S/C14H18N2O2/c1-3-10(2)14(18)9-16-12-7-5-4-6-11(12)13(17)8-15-16/h4-8,10,14,18H,3,9H2,1-2H3. The fourth-order valence-electron chi connectivity index (χ4n) is 1.94. The summed E-state index contributed by atoms with van der Waals surface area (Å²) in [4.78, 5) is 11.7. The fourth-order valence-corrected chi connectivity index (χ4v) is 1.94. The van der Waals surface area contributed by atoms with Crippen LogP contribution in [0.2, 0.25) is 0 Å². The lowest BCUT2D eigenvalue weighted by Gasteiger charge is -2.19. The zero-order chi connectivity index (χ0) is 13.1. The van der Waals surface area contributed by atoms with Crippen LogP contribution in [0.5, 0.6) is 0 Å². The van der Waals surface area contributed by atoms with Gasteiger partial charge in [-0.1, -0.05) is 32.4 Å². The Morgan fingerprint density at radius 2 is 2.11 bits per heavy atom. The molecule has 2 atom stereocenters. The maximum absolute atomic E-state index is 11.7. The molecule has 0 fully saturated rings. The highest BCUT2D eigenvalue weighted by Crippen LogP contribution is 2.13. The maximum Gasteiger partial charge on any atom is 0.207 e. The number of fused-ring (bicyclic) bond motifs is 1. The molecule has 0 bridgehead atoms. The number of aromatic nitrogens is 2. The van der Waals surface area contributed by atoms with Crippen molar-refractivity contribution in [2.24, 2.45) is 5.92 Å². The van der Waals surface area contributed by atoms with E-state index in [0.717, 1.165) is 11.9 Å². The van der Waals surface area contributed by atoms with Gasteiger partial charge < -0.3 is 5.11 Å². The first-order valence-electron chi connectivity index (χ1n) is 6.26. The van der Waals surface area contributed by atoms with E-state index in [2.05, 4.69) is 5.10 Å². The molecule has 2 rings (SSSR count). The zero-order valence-electron chi connectivity index (χ0n) is 10.7. The van der Waals surface area contributed by atoms with Crippen LogP contribution < -0.4 is 5.43 Å². The summed E-state index contributed by atoms with van der Waals surface area (Å²) in [6.07, 6.45) is 1.78. The lowest BCUT2D eigenvalue weighted by molar-refractivity contribution is 0.0939. The Labute approximate surface area is 106 Å². The van der Waals surface area contributed by atoms with Gasteiger partial charge >= 0.3 is 0 Å². The van der Waals surface area contributed by atoms with Crippen molar-refractivity contribution < 1.29 is 5.11 Å². The summed E-state index contributed by atoms with van der Waals surface area (Å²) in [7, 11) is 0. The molecule has 2 aromatic rings. The van der Waals surface area contributed by atoms with Crippen molar-refractivity contribution in [3.8, 4) is 0 Å². The highest BCUT2D eigenvalue weighted by atomic mass is 16.3. The molecule has 1 heterocycles. The number of aliphatic hydroxyl groups is 1. The number of benzene rings is 1. The van der Waals surface area contributed by atoms with E-state index in [9.17, 15) is 9.90 Å². The van der Waals surface area contributed by atoms with Gasteiger partial charge in [-0.05, 0) is 18.1 Å². The van der Waals surface area contributed by atoms with Gasteiger partial charge in [-0.3, -0.25) is 9.48 Å². The van der Waals surface area contributed by atoms with Gasteiger partial charge in [0.25, 0.3) is 0 Å². The van der Waals surface area contributed by atoms with Crippen molar-refractivity contribution in [1.29, 1.82) is 0 Å². The van der Waals surface area contributed by atoms with Crippen LogP contribution in [0.1, 0.15) is 20.3 Å². The third kappa shape index (κ3) is 2.43. The number of aliphatic hydroxyl groups excluding tert-OH is 1. The molecular formula is C14H18N2O2. The molecule has 1 N–H and O–H groups in total. The summed E-state index contributed by atoms with van der Waals surface area (Å²) in [5.41, 5.74) is 0.687. The molecule has 0 aliphatic carbocycles. The molecule has 4 nitrogen and oxygen atoms in total. The van der Waals surface area contributed by atoms with Crippen LogP contribution in [0, 0.1) is 5.92 Å². The lowest BCUT2D eigenvalue weighted by atomic mass is 10.0.